The van der Waals surface area contributed by atoms with Crippen molar-refractivity contribution in [3.63, 3.8) is 0 Å². The number of amides is 1. The highest BCUT2D eigenvalue weighted by Crippen LogP contribution is 2.39. The number of aryl methyl sites for hydroxylation is 1. The molecule has 1 saturated heterocycles. The molecule has 1 aliphatic carbocycles. The average molecular weight is 546 g/mol. The van der Waals surface area contributed by atoms with Gasteiger partial charge in [-0.2, -0.15) is 0 Å². The minimum Gasteiger partial charge on any atom is -0.465 e. The Morgan fingerprint density at radius 2 is 1.85 bits per heavy atom. The third-order valence-electron chi connectivity index (χ3n) is 6.35. The highest BCUT2D eigenvalue weighted by atomic mass is 35.5. The number of carbonyl (C=O) groups is 2. The zero-order valence-corrected chi connectivity index (χ0v) is 21.9. The number of carbonyl (C=O) groups excluding carboxylic acids is 2. The van der Waals surface area contributed by atoms with Crippen LogP contribution < -0.4 is 5.32 Å². The van der Waals surface area contributed by atoms with Gasteiger partial charge in [-0.3, -0.25) is 4.79 Å². The summed E-state index contributed by atoms with van der Waals surface area (Å²) < 4.78 is 32.2. The van der Waals surface area contributed by atoms with Crippen LogP contribution in [0, 0.1) is 5.92 Å². The lowest BCUT2D eigenvalue weighted by molar-refractivity contribution is -0.120. The number of methoxy groups -OCH3 is 1. The molecule has 1 amide bonds. The van der Waals surface area contributed by atoms with Crippen molar-refractivity contribution < 1.29 is 22.7 Å². The number of rotatable bonds is 6. The lowest BCUT2D eigenvalue weighted by Crippen LogP contribution is -2.41. The Bertz CT molecular complexity index is 1200. The summed E-state index contributed by atoms with van der Waals surface area (Å²) in [6.45, 7) is 0.513. The molecule has 0 bridgehead atoms. The van der Waals surface area contributed by atoms with Crippen LogP contribution in [-0.2, 0) is 38.1 Å². The molecule has 0 atom stereocenters. The van der Waals surface area contributed by atoms with Crippen molar-refractivity contribution >= 4 is 61.4 Å². The van der Waals surface area contributed by atoms with Crippen molar-refractivity contribution in [2.24, 2.45) is 5.92 Å². The van der Waals surface area contributed by atoms with Crippen molar-refractivity contribution in [2.75, 3.05) is 25.5 Å². The van der Waals surface area contributed by atoms with E-state index in [1.54, 1.807) is 18.2 Å². The van der Waals surface area contributed by atoms with E-state index in [1.807, 2.05) is 0 Å². The number of sulfonamides is 1. The predicted molar refractivity (Wildman–Crippen MR) is 134 cm³/mol. The van der Waals surface area contributed by atoms with Gasteiger partial charge < -0.3 is 10.1 Å². The first-order valence-electron chi connectivity index (χ1n) is 11.1. The Balaban J connectivity index is 1.40. The van der Waals surface area contributed by atoms with Crippen LogP contribution in [0.5, 0.6) is 0 Å². The number of esters is 1. The van der Waals surface area contributed by atoms with Crippen LogP contribution in [0.25, 0.3) is 0 Å². The number of hydrogen-bond donors (Lipinski definition) is 1. The number of nitrogens with one attached hydrogen (secondary N) is 1. The normalized spacial score (nSPS) is 17.3. The van der Waals surface area contributed by atoms with Gasteiger partial charge in [-0.05, 0) is 61.8 Å². The van der Waals surface area contributed by atoms with Gasteiger partial charge in [0.1, 0.15) is 5.00 Å². The maximum absolute atomic E-state index is 13.0. The fourth-order valence-corrected chi connectivity index (χ4v) is 7.66. The molecule has 7 nitrogen and oxygen atoms in total. The molecular weight excluding hydrogens is 519 g/mol. The summed E-state index contributed by atoms with van der Waals surface area (Å²) >= 11 is 13.4. The summed E-state index contributed by atoms with van der Waals surface area (Å²) in [7, 11) is -2.21. The van der Waals surface area contributed by atoms with Crippen molar-refractivity contribution in [2.45, 2.75) is 44.3 Å². The van der Waals surface area contributed by atoms with Gasteiger partial charge >= 0.3 is 5.97 Å². The molecule has 1 N–H and O–H groups in total. The van der Waals surface area contributed by atoms with Crippen LogP contribution in [0.2, 0.25) is 10.0 Å². The number of thiophene rings is 1. The number of halogens is 2. The van der Waals surface area contributed by atoms with Crippen LogP contribution in [0.3, 0.4) is 0 Å². The minimum atomic E-state index is -3.56. The van der Waals surface area contributed by atoms with Crippen LogP contribution in [0.4, 0.5) is 5.00 Å². The van der Waals surface area contributed by atoms with Gasteiger partial charge in [0, 0.05) is 23.9 Å². The van der Waals surface area contributed by atoms with E-state index in [1.165, 1.54) is 22.8 Å². The SMILES string of the molecule is COC(=O)c1c(NC(=O)C2CCN(S(=O)(=O)Cc3ccc(Cl)c(Cl)c3)CC2)sc2c1CCCC2. The van der Waals surface area contributed by atoms with Gasteiger partial charge in [-0.1, -0.05) is 29.3 Å². The molecule has 34 heavy (non-hydrogen) atoms. The third-order valence-corrected chi connectivity index (χ3v) is 10.1. The number of hydrogen-bond acceptors (Lipinski definition) is 6. The highest BCUT2D eigenvalue weighted by molar-refractivity contribution is 7.88. The third kappa shape index (κ3) is 5.44. The van der Waals surface area contributed by atoms with Crippen molar-refractivity contribution in [1.82, 2.24) is 4.31 Å². The fourth-order valence-electron chi connectivity index (χ4n) is 4.51. The second-order valence-corrected chi connectivity index (χ2v) is 12.5. The van der Waals surface area contributed by atoms with E-state index in [-0.39, 0.29) is 30.7 Å². The topological polar surface area (TPSA) is 92.8 Å². The van der Waals surface area contributed by atoms with Crippen molar-refractivity contribution in [1.29, 1.82) is 0 Å². The minimum absolute atomic E-state index is 0.177. The van der Waals surface area contributed by atoms with E-state index >= 15 is 0 Å². The maximum atomic E-state index is 13.0. The summed E-state index contributed by atoms with van der Waals surface area (Å²) in [4.78, 5) is 26.6. The standard InChI is InChI=1S/C23H26Cl2N2O5S2/c1-32-23(29)20-16-4-2-3-5-19(16)33-22(20)26-21(28)15-8-10-27(11-9-15)34(30,31)13-14-6-7-17(24)18(25)12-14/h6-7,12,15H,2-5,8-11,13H2,1H3,(H,26,28). The van der Waals surface area contributed by atoms with Crippen LogP contribution in [0.1, 0.15) is 52.0 Å². The predicted octanol–water partition coefficient (Wildman–Crippen LogP) is 4.90. The average Bonchev–Trinajstić information content (AvgIpc) is 3.18. The van der Waals surface area contributed by atoms with Gasteiger partial charge in [0.05, 0.1) is 28.5 Å². The summed E-state index contributed by atoms with van der Waals surface area (Å²) in [5.74, 6) is -1.13. The number of fused-ring (bicyclic) bond motifs is 1. The Labute approximate surface area is 213 Å². The Kier molecular flexibility index (Phi) is 7.89. The zero-order chi connectivity index (χ0) is 24.5. The first-order chi connectivity index (χ1) is 16.2. The fraction of sp³-hybridized carbons (Fsp3) is 0.478. The molecule has 0 saturated carbocycles. The van der Waals surface area contributed by atoms with Crippen LogP contribution in [0.15, 0.2) is 18.2 Å². The maximum Gasteiger partial charge on any atom is 0.341 e. The molecule has 2 aromatic rings. The van der Waals surface area contributed by atoms with E-state index < -0.39 is 16.0 Å². The van der Waals surface area contributed by atoms with E-state index in [0.29, 0.717) is 39.0 Å². The number of benzene rings is 1. The first-order valence-corrected chi connectivity index (χ1v) is 14.3. The molecule has 1 aromatic heterocycles. The molecule has 11 heteroatoms. The molecule has 1 aliphatic heterocycles. The molecule has 1 aromatic carbocycles. The van der Waals surface area contributed by atoms with Gasteiger partial charge in [0.15, 0.2) is 0 Å². The Morgan fingerprint density at radius 3 is 2.53 bits per heavy atom. The molecule has 184 valence electrons. The molecule has 4 rings (SSSR count). The molecule has 2 heterocycles. The quantitative estimate of drug-likeness (QED) is 0.522. The van der Waals surface area contributed by atoms with Crippen molar-refractivity contribution in [3.8, 4) is 0 Å². The van der Waals surface area contributed by atoms with Gasteiger partial charge in [0.2, 0.25) is 15.9 Å². The smallest absolute Gasteiger partial charge is 0.341 e. The summed E-state index contributed by atoms with van der Waals surface area (Å²) in [6, 6.07) is 4.78. The first kappa shape index (κ1) is 25.4. The molecule has 0 unspecified atom stereocenters. The monoisotopic (exact) mass is 544 g/mol. The number of nitrogens with zero attached hydrogens (tertiary/aromatic N) is 1. The van der Waals surface area contributed by atoms with E-state index in [2.05, 4.69) is 5.32 Å². The van der Waals surface area contributed by atoms with Gasteiger partial charge in [-0.25, -0.2) is 17.5 Å². The molecule has 1 fully saturated rings. The van der Waals surface area contributed by atoms with Crippen LogP contribution >= 0.6 is 34.5 Å². The summed E-state index contributed by atoms with van der Waals surface area (Å²) in [5.41, 5.74) is 2.02. The van der Waals surface area contributed by atoms with E-state index in [4.69, 9.17) is 27.9 Å². The van der Waals surface area contributed by atoms with Gasteiger partial charge in [0.25, 0.3) is 0 Å². The second kappa shape index (κ2) is 10.5. The van der Waals surface area contributed by atoms with Crippen LogP contribution in [-0.4, -0.2) is 44.8 Å². The summed E-state index contributed by atoms with van der Waals surface area (Å²) in [6.07, 6.45) is 4.60. The lowest BCUT2D eigenvalue weighted by atomic mass is 9.95. The summed E-state index contributed by atoms with van der Waals surface area (Å²) in [5, 5.41) is 4.16. The Morgan fingerprint density at radius 1 is 1.15 bits per heavy atom. The largest absolute Gasteiger partial charge is 0.465 e. The van der Waals surface area contributed by atoms with Gasteiger partial charge in [-0.15, -0.1) is 11.3 Å². The zero-order valence-electron chi connectivity index (χ0n) is 18.7. The number of anilines is 1. The molecule has 0 radical (unpaired) electrons. The number of piperidine rings is 1. The Hall–Kier alpha value is -1.65. The van der Waals surface area contributed by atoms with E-state index in [9.17, 15) is 18.0 Å². The molecular formula is C23H26Cl2N2O5S2. The van der Waals surface area contributed by atoms with Crippen molar-refractivity contribution in [3.05, 3.63) is 49.8 Å². The van der Waals surface area contributed by atoms with E-state index in [0.717, 1.165) is 36.1 Å². The molecule has 2 aliphatic rings. The molecule has 0 spiro atoms. The lowest BCUT2D eigenvalue weighted by Gasteiger charge is -2.30. The second-order valence-electron chi connectivity index (χ2n) is 8.57. The number of ether oxygens (including phenoxy) is 1. The highest BCUT2D eigenvalue weighted by Gasteiger charge is 2.33.